The van der Waals surface area contributed by atoms with Gasteiger partial charge in [-0.05, 0) is 49.9 Å². The average molecular weight is 292 g/mol. The van der Waals surface area contributed by atoms with Crippen molar-refractivity contribution in [3.8, 4) is 6.07 Å². The zero-order valence-corrected chi connectivity index (χ0v) is 12.8. The maximum atomic E-state index is 12.8. The second kappa shape index (κ2) is 5.94. The van der Waals surface area contributed by atoms with Crippen molar-refractivity contribution < 1.29 is 8.42 Å². The average Bonchev–Trinajstić information content (AvgIpc) is 2.47. The summed E-state index contributed by atoms with van der Waals surface area (Å²) in [6.45, 7) is 4.40. The molecule has 0 bridgehead atoms. The first-order chi connectivity index (χ1) is 9.50. The summed E-state index contributed by atoms with van der Waals surface area (Å²) in [6, 6.07) is 6.91. The van der Waals surface area contributed by atoms with Crippen molar-refractivity contribution in [2.24, 2.45) is 0 Å². The van der Waals surface area contributed by atoms with Crippen LogP contribution in [0.15, 0.2) is 23.1 Å². The van der Waals surface area contributed by atoms with E-state index < -0.39 is 10.0 Å². The van der Waals surface area contributed by atoms with Gasteiger partial charge in [0.25, 0.3) is 0 Å². The molecule has 0 saturated carbocycles. The second-order valence-corrected chi connectivity index (χ2v) is 7.15. The molecule has 108 valence electrons. The van der Waals surface area contributed by atoms with Gasteiger partial charge in [-0.3, -0.25) is 0 Å². The standard InChI is InChI=1S/C15H20N2O2S/c1-3-14-6-4-5-9-17(14)20(18,19)15-8-7-13(11-16)12(2)10-15/h7-8,10,14H,3-6,9H2,1-2H3. The Morgan fingerprint density at radius 1 is 1.40 bits per heavy atom. The van der Waals surface area contributed by atoms with Crippen molar-refractivity contribution in [3.63, 3.8) is 0 Å². The summed E-state index contributed by atoms with van der Waals surface area (Å²) in [4.78, 5) is 0.300. The van der Waals surface area contributed by atoms with Gasteiger partial charge in [0.15, 0.2) is 0 Å². The van der Waals surface area contributed by atoms with Gasteiger partial charge in [0.05, 0.1) is 16.5 Å². The highest BCUT2D eigenvalue weighted by molar-refractivity contribution is 7.89. The van der Waals surface area contributed by atoms with E-state index in [1.54, 1.807) is 29.4 Å². The molecule has 0 amide bonds. The van der Waals surface area contributed by atoms with Crippen molar-refractivity contribution in [3.05, 3.63) is 29.3 Å². The molecule has 5 heteroatoms. The summed E-state index contributed by atoms with van der Waals surface area (Å²) in [5.74, 6) is 0. The maximum Gasteiger partial charge on any atom is 0.243 e. The largest absolute Gasteiger partial charge is 0.243 e. The first-order valence-corrected chi connectivity index (χ1v) is 8.47. The van der Waals surface area contributed by atoms with Crippen LogP contribution < -0.4 is 0 Å². The number of benzene rings is 1. The van der Waals surface area contributed by atoms with Gasteiger partial charge in [0, 0.05) is 12.6 Å². The molecule has 2 rings (SSSR count). The van der Waals surface area contributed by atoms with Crippen LogP contribution in [0.2, 0.25) is 0 Å². The number of hydrogen-bond acceptors (Lipinski definition) is 3. The lowest BCUT2D eigenvalue weighted by Crippen LogP contribution is -2.43. The lowest BCUT2D eigenvalue weighted by Gasteiger charge is -2.34. The Morgan fingerprint density at radius 2 is 2.15 bits per heavy atom. The third-order valence-electron chi connectivity index (χ3n) is 3.97. The Morgan fingerprint density at radius 3 is 2.75 bits per heavy atom. The highest BCUT2D eigenvalue weighted by atomic mass is 32.2. The van der Waals surface area contributed by atoms with Crippen LogP contribution in [0.1, 0.15) is 43.7 Å². The molecule has 0 aromatic heterocycles. The van der Waals surface area contributed by atoms with E-state index in [1.165, 1.54) is 0 Å². The molecule has 1 unspecified atom stereocenters. The van der Waals surface area contributed by atoms with Crippen LogP contribution in [0.4, 0.5) is 0 Å². The zero-order chi connectivity index (χ0) is 14.8. The van der Waals surface area contributed by atoms with Gasteiger partial charge in [0.2, 0.25) is 10.0 Å². The van der Waals surface area contributed by atoms with Crippen LogP contribution in [-0.4, -0.2) is 25.3 Å². The molecule has 1 aliphatic heterocycles. The summed E-state index contributed by atoms with van der Waals surface area (Å²) < 4.78 is 27.1. The van der Waals surface area contributed by atoms with Gasteiger partial charge >= 0.3 is 0 Å². The minimum atomic E-state index is -3.45. The number of aryl methyl sites for hydroxylation is 1. The number of nitrogens with zero attached hydrogens (tertiary/aromatic N) is 2. The predicted molar refractivity (Wildman–Crippen MR) is 77.7 cm³/mol. The lowest BCUT2D eigenvalue weighted by molar-refractivity contribution is 0.246. The molecule has 20 heavy (non-hydrogen) atoms. The summed E-state index contributed by atoms with van der Waals surface area (Å²) in [6.07, 6.45) is 3.79. The van der Waals surface area contributed by atoms with Gasteiger partial charge < -0.3 is 0 Å². The third kappa shape index (κ3) is 2.72. The van der Waals surface area contributed by atoms with Crippen LogP contribution in [0, 0.1) is 18.3 Å². The number of nitriles is 1. The molecule has 1 aromatic carbocycles. The predicted octanol–water partition coefficient (Wildman–Crippen LogP) is 2.82. The van der Waals surface area contributed by atoms with E-state index >= 15 is 0 Å². The lowest BCUT2D eigenvalue weighted by atomic mass is 10.0. The van der Waals surface area contributed by atoms with Gasteiger partial charge in [-0.1, -0.05) is 13.3 Å². The molecule has 1 fully saturated rings. The van der Waals surface area contributed by atoms with Crippen LogP contribution in [0.5, 0.6) is 0 Å². The highest BCUT2D eigenvalue weighted by Crippen LogP contribution is 2.27. The monoisotopic (exact) mass is 292 g/mol. The van der Waals surface area contributed by atoms with Crippen molar-refractivity contribution >= 4 is 10.0 Å². The first-order valence-electron chi connectivity index (χ1n) is 7.03. The fourth-order valence-electron chi connectivity index (χ4n) is 2.76. The molecule has 1 heterocycles. The minimum absolute atomic E-state index is 0.102. The van der Waals surface area contributed by atoms with Gasteiger partial charge in [-0.2, -0.15) is 9.57 Å². The van der Waals surface area contributed by atoms with E-state index in [4.69, 9.17) is 5.26 Å². The van der Waals surface area contributed by atoms with Crippen molar-refractivity contribution in [2.75, 3.05) is 6.54 Å². The van der Waals surface area contributed by atoms with Crippen LogP contribution in [0.3, 0.4) is 0 Å². The quantitative estimate of drug-likeness (QED) is 0.860. The molecule has 0 spiro atoms. The molecule has 1 aromatic rings. The molecule has 1 aliphatic rings. The molecule has 0 aliphatic carbocycles. The Bertz CT molecular complexity index is 632. The van der Waals surface area contributed by atoms with Crippen LogP contribution >= 0.6 is 0 Å². The van der Waals surface area contributed by atoms with Crippen molar-refractivity contribution in [1.82, 2.24) is 4.31 Å². The topological polar surface area (TPSA) is 61.2 Å². The Labute approximate surface area is 121 Å². The normalized spacial score (nSPS) is 20.6. The molecule has 4 nitrogen and oxygen atoms in total. The van der Waals surface area contributed by atoms with Crippen molar-refractivity contribution in [1.29, 1.82) is 5.26 Å². The third-order valence-corrected chi connectivity index (χ3v) is 5.92. The smallest absolute Gasteiger partial charge is 0.207 e. The van der Waals surface area contributed by atoms with E-state index in [-0.39, 0.29) is 6.04 Å². The van der Waals surface area contributed by atoms with Gasteiger partial charge in [-0.15, -0.1) is 0 Å². The van der Waals surface area contributed by atoms with E-state index in [2.05, 4.69) is 6.07 Å². The van der Waals surface area contributed by atoms with Crippen LogP contribution in [-0.2, 0) is 10.0 Å². The number of rotatable bonds is 3. The molecular formula is C15H20N2O2S. The van der Waals surface area contributed by atoms with Gasteiger partial charge in [-0.25, -0.2) is 8.42 Å². The molecule has 1 saturated heterocycles. The van der Waals surface area contributed by atoms with Crippen molar-refractivity contribution in [2.45, 2.75) is 50.5 Å². The summed E-state index contributed by atoms with van der Waals surface area (Å²) in [5.41, 5.74) is 1.23. The Balaban J connectivity index is 2.39. The molecule has 0 N–H and O–H groups in total. The SMILES string of the molecule is CCC1CCCCN1S(=O)(=O)c1ccc(C#N)c(C)c1. The highest BCUT2D eigenvalue weighted by Gasteiger charge is 2.32. The van der Waals surface area contributed by atoms with E-state index in [0.29, 0.717) is 22.6 Å². The molecule has 1 atom stereocenters. The second-order valence-electron chi connectivity index (χ2n) is 5.26. The zero-order valence-electron chi connectivity index (χ0n) is 12.0. The van der Waals surface area contributed by atoms with Crippen LogP contribution in [0.25, 0.3) is 0 Å². The number of sulfonamides is 1. The van der Waals surface area contributed by atoms with E-state index in [1.807, 2.05) is 6.92 Å². The fourth-order valence-corrected chi connectivity index (χ4v) is 4.61. The Hall–Kier alpha value is -1.38. The number of piperidine rings is 1. The maximum absolute atomic E-state index is 12.8. The number of hydrogen-bond donors (Lipinski definition) is 0. The summed E-state index contributed by atoms with van der Waals surface area (Å²) >= 11 is 0. The summed E-state index contributed by atoms with van der Waals surface area (Å²) in [7, 11) is -3.45. The minimum Gasteiger partial charge on any atom is -0.207 e. The van der Waals surface area contributed by atoms with E-state index in [9.17, 15) is 8.42 Å². The molecule has 0 radical (unpaired) electrons. The van der Waals surface area contributed by atoms with E-state index in [0.717, 1.165) is 25.7 Å². The summed E-state index contributed by atoms with van der Waals surface area (Å²) in [5, 5.41) is 8.93. The first kappa shape index (κ1) is 15.0. The Kier molecular flexibility index (Phi) is 4.46. The van der Waals surface area contributed by atoms with Gasteiger partial charge in [0.1, 0.15) is 0 Å². The molecular weight excluding hydrogens is 272 g/mol. The fraction of sp³-hybridized carbons (Fsp3) is 0.533.